The molecule has 4 nitrogen and oxygen atoms in total. The normalized spacial score (nSPS) is 22.9. The fraction of sp³-hybridized carbons (Fsp3) is 0.438. The molecule has 0 bridgehead atoms. The van der Waals surface area contributed by atoms with Gasteiger partial charge in [-0.1, -0.05) is 6.07 Å². The number of ether oxygens (including phenoxy) is 2. The average molecular weight is 273 g/mol. The van der Waals surface area contributed by atoms with Gasteiger partial charge < -0.3 is 14.5 Å². The predicted octanol–water partition coefficient (Wildman–Crippen LogP) is 3.37. The lowest BCUT2D eigenvalue weighted by Gasteiger charge is -2.33. The summed E-state index contributed by atoms with van der Waals surface area (Å²) in [6, 6.07) is 5.60. The summed E-state index contributed by atoms with van der Waals surface area (Å²) in [4.78, 5) is 14.8. The van der Waals surface area contributed by atoms with E-state index in [1.807, 2.05) is 18.3 Å². The first-order valence-corrected chi connectivity index (χ1v) is 6.98. The number of hydrogen-bond donors (Lipinski definition) is 1. The van der Waals surface area contributed by atoms with Crippen LogP contribution in [-0.4, -0.2) is 24.7 Å². The van der Waals surface area contributed by atoms with Gasteiger partial charge in [0.1, 0.15) is 0 Å². The highest BCUT2D eigenvalue weighted by Crippen LogP contribution is 2.38. The molecule has 20 heavy (non-hydrogen) atoms. The van der Waals surface area contributed by atoms with E-state index in [1.165, 1.54) is 19.1 Å². The van der Waals surface area contributed by atoms with Crippen LogP contribution in [0.4, 0.5) is 0 Å². The molecular formula is C16H19NO3. The molecule has 1 saturated heterocycles. The molecule has 1 aromatic carbocycles. The van der Waals surface area contributed by atoms with Crippen molar-refractivity contribution in [3.8, 4) is 0 Å². The first-order valence-electron chi connectivity index (χ1n) is 6.98. The van der Waals surface area contributed by atoms with Gasteiger partial charge in [-0.15, -0.1) is 0 Å². The number of esters is 1. The van der Waals surface area contributed by atoms with Crippen molar-refractivity contribution in [2.24, 2.45) is 0 Å². The summed E-state index contributed by atoms with van der Waals surface area (Å²) in [5, 5.41) is 1.11. The zero-order valence-corrected chi connectivity index (χ0v) is 11.9. The van der Waals surface area contributed by atoms with Gasteiger partial charge in [0, 0.05) is 29.3 Å². The Morgan fingerprint density at radius 3 is 2.95 bits per heavy atom. The molecule has 3 rings (SSSR count). The number of fused-ring (bicyclic) bond motifs is 1. The minimum Gasteiger partial charge on any atom is -0.465 e. The molecule has 1 atom stereocenters. The van der Waals surface area contributed by atoms with E-state index in [9.17, 15) is 4.79 Å². The Labute approximate surface area is 118 Å². The van der Waals surface area contributed by atoms with Crippen LogP contribution in [0.15, 0.2) is 24.4 Å². The number of benzene rings is 1. The largest absolute Gasteiger partial charge is 0.465 e. The zero-order chi connectivity index (χ0) is 14.2. The molecule has 1 unspecified atom stereocenters. The lowest BCUT2D eigenvalue weighted by Crippen LogP contribution is -2.29. The summed E-state index contributed by atoms with van der Waals surface area (Å²) >= 11 is 0. The van der Waals surface area contributed by atoms with Gasteiger partial charge in [0.25, 0.3) is 0 Å². The fourth-order valence-corrected chi connectivity index (χ4v) is 2.95. The van der Waals surface area contributed by atoms with Crippen molar-refractivity contribution < 1.29 is 14.3 Å². The summed E-state index contributed by atoms with van der Waals surface area (Å²) < 4.78 is 10.8. The van der Waals surface area contributed by atoms with Crippen molar-refractivity contribution >= 4 is 16.9 Å². The molecule has 1 aromatic heterocycles. The van der Waals surface area contributed by atoms with E-state index in [4.69, 9.17) is 9.47 Å². The first kappa shape index (κ1) is 13.2. The molecule has 0 aliphatic carbocycles. The number of nitrogens with one attached hydrogen (secondary N) is 1. The highest BCUT2D eigenvalue weighted by molar-refractivity contribution is 5.95. The van der Waals surface area contributed by atoms with Gasteiger partial charge in [-0.3, -0.25) is 0 Å². The third kappa shape index (κ3) is 2.10. The molecular weight excluding hydrogens is 254 g/mol. The molecule has 1 aliphatic heterocycles. The average Bonchev–Trinajstić information content (AvgIpc) is 2.91. The third-order valence-electron chi connectivity index (χ3n) is 4.14. The van der Waals surface area contributed by atoms with Crippen LogP contribution in [0.25, 0.3) is 10.9 Å². The van der Waals surface area contributed by atoms with Gasteiger partial charge in [0.15, 0.2) is 0 Å². The Balaban J connectivity index is 2.03. The van der Waals surface area contributed by atoms with E-state index in [1.54, 1.807) is 6.07 Å². The minimum atomic E-state index is -0.317. The molecule has 0 spiro atoms. The van der Waals surface area contributed by atoms with E-state index in [0.29, 0.717) is 5.56 Å². The van der Waals surface area contributed by atoms with Crippen LogP contribution in [0.5, 0.6) is 0 Å². The maximum atomic E-state index is 11.6. The number of hydrogen-bond acceptors (Lipinski definition) is 3. The first-order chi connectivity index (χ1) is 9.64. The van der Waals surface area contributed by atoms with Crippen molar-refractivity contribution in [3.05, 3.63) is 35.5 Å². The zero-order valence-electron chi connectivity index (χ0n) is 11.9. The topological polar surface area (TPSA) is 51.3 Å². The number of aromatic amines is 1. The summed E-state index contributed by atoms with van der Waals surface area (Å²) in [5.41, 5.74) is 2.44. The van der Waals surface area contributed by atoms with E-state index in [0.717, 1.165) is 30.4 Å². The number of carbonyl (C=O) groups is 1. The molecule has 1 aliphatic rings. The van der Waals surface area contributed by atoms with Crippen LogP contribution < -0.4 is 0 Å². The smallest absolute Gasteiger partial charge is 0.337 e. The Bertz CT molecular complexity index is 638. The van der Waals surface area contributed by atoms with E-state index in [2.05, 4.69) is 11.9 Å². The van der Waals surface area contributed by atoms with Crippen LogP contribution in [0.2, 0.25) is 0 Å². The molecule has 0 saturated carbocycles. The Hall–Kier alpha value is -1.81. The monoisotopic (exact) mass is 273 g/mol. The second-order valence-corrected chi connectivity index (χ2v) is 5.49. The molecule has 106 valence electrons. The van der Waals surface area contributed by atoms with Crippen LogP contribution in [0.1, 0.15) is 42.1 Å². The van der Waals surface area contributed by atoms with Gasteiger partial charge in [-0.05, 0) is 38.3 Å². The van der Waals surface area contributed by atoms with Gasteiger partial charge in [-0.2, -0.15) is 0 Å². The quantitative estimate of drug-likeness (QED) is 0.853. The molecule has 4 heteroatoms. The molecule has 0 radical (unpaired) electrons. The van der Waals surface area contributed by atoms with Crippen molar-refractivity contribution in [3.63, 3.8) is 0 Å². The third-order valence-corrected chi connectivity index (χ3v) is 4.14. The fourth-order valence-electron chi connectivity index (χ4n) is 2.95. The number of aromatic nitrogens is 1. The lowest BCUT2D eigenvalue weighted by atomic mass is 9.88. The second kappa shape index (κ2) is 4.94. The van der Waals surface area contributed by atoms with Crippen LogP contribution in [0.3, 0.4) is 0 Å². The SMILES string of the molecule is COC(=O)c1ccc2c(C3(C)CCCCO3)c[nH]c2c1. The van der Waals surface area contributed by atoms with Crippen molar-refractivity contribution in [1.82, 2.24) is 4.98 Å². The van der Waals surface area contributed by atoms with Gasteiger partial charge in [0.05, 0.1) is 18.3 Å². The predicted molar refractivity (Wildman–Crippen MR) is 76.8 cm³/mol. The van der Waals surface area contributed by atoms with Gasteiger partial charge >= 0.3 is 5.97 Å². The Kier molecular flexibility index (Phi) is 3.26. The summed E-state index contributed by atoms with van der Waals surface area (Å²) in [6.45, 7) is 2.95. The van der Waals surface area contributed by atoms with Crippen molar-refractivity contribution in [2.75, 3.05) is 13.7 Å². The van der Waals surface area contributed by atoms with E-state index >= 15 is 0 Å². The van der Waals surface area contributed by atoms with Gasteiger partial charge in [-0.25, -0.2) is 4.79 Å². The van der Waals surface area contributed by atoms with Crippen LogP contribution >= 0.6 is 0 Å². The molecule has 1 fully saturated rings. The number of H-pyrrole nitrogens is 1. The van der Waals surface area contributed by atoms with Crippen LogP contribution in [-0.2, 0) is 15.1 Å². The molecule has 2 aromatic rings. The molecule has 0 amide bonds. The minimum absolute atomic E-state index is 0.233. The summed E-state index contributed by atoms with van der Waals surface area (Å²) in [5.74, 6) is -0.317. The summed E-state index contributed by atoms with van der Waals surface area (Å²) in [6.07, 6.45) is 5.34. The Morgan fingerprint density at radius 2 is 2.25 bits per heavy atom. The Morgan fingerprint density at radius 1 is 1.40 bits per heavy atom. The second-order valence-electron chi connectivity index (χ2n) is 5.49. The maximum absolute atomic E-state index is 11.6. The van der Waals surface area contributed by atoms with Crippen molar-refractivity contribution in [2.45, 2.75) is 31.8 Å². The highest BCUT2D eigenvalue weighted by Gasteiger charge is 2.32. The number of methoxy groups -OCH3 is 1. The highest BCUT2D eigenvalue weighted by atomic mass is 16.5. The van der Waals surface area contributed by atoms with Crippen LogP contribution in [0, 0.1) is 0 Å². The van der Waals surface area contributed by atoms with Gasteiger partial charge in [0.2, 0.25) is 0 Å². The molecule has 2 heterocycles. The van der Waals surface area contributed by atoms with E-state index < -0.39 is 0 Å². The number of carbonyl (C=O) groups excluding carboxylic acids is 1. The van der Waals surface area contributed by atoms with Crippen molar-refractivity contribution in [1.29, 1.82) is 0 Å². The maximum Gasteiger partial charge on any atom is 0.337 e. The summed E-state index contributed by atoms with van der Waals surface area (Å²) in [7, 11) is 1.39. The standard InChI is InChI=1S/C16H19NO3/c1-16(7-3-4-8-20-16)13-10-17-14-9-11(15(18)19-2)5-6-12(13)14/h5-6,9-10,17H,3-4,7-8H2,1-2H3. The number of rotatable bonds is 2. The van der Waals surface area contributed by atoms with E-state index in [-0.39, 0.29) is 11.6 Å². The lowest BCUT2D eigenvalue weighted by molar-refractivity contribution is -0.0691. The molecule has 1 N–H and O–H groups in total.